The number of β-lactam (4-membered cyclic amide) rings is 4. The van der Waals surface area contributed by atoms with Crippen molar-refractivity contribution in [1.82, 2.24) is 83.6 Å². The third-order valence-electron chi connectivity index (χ3n) is 30.2. The molecule has 0 radical (unpaired) electrons. The van der Waals surface area contributed by atoms with Crippen LogP contribution >= 0.6 is 11.6 Å². The van der Waals surface area contributed by atoms with Crippen LogP contribution in [0.2, 0.25) is 5.02 Å². The molecule has 3 saturated carbocycles. The average Bonchev–Trinajstić information content (AvgIpc) is 0.835. The third kappa shape index (κ3) is 24.4. The van der Waals surface area contributed by atoms with Crippen molar-refractivity contribution in [2.24, 2.45) is 87.4 Å². The van der Waals surface area contributed by atoms with Gasteiger partial charge >= 0.3 is 6.03 Å². The first kappa shape index (κ1) is 107. The number of likely N-dealkylation sites (tertiary alicyclic amines) is 4. The molecule has 3 aliphatic carbocycles. The number of rotatable bonds is 32. The van der Waals surface area contributed by atoms with Gasteiger partial charge < -0.3 is 27.4 Å². The maximum Gasteiger partial charge on any atom is 0.327 e. The molecule has 0 unspecified atom stereocenters. The highest BCUT2D eigenvalue weighted by atomic mass is 35.5. The van der Waals surface area contributed by atoms with Crippen molar-refractivity contribution in [3.8, 4) is 0 Å². The summed E-state index contributed by atoms with van der Waals surface area (Å²) in [4.78, 5) is 191. The van der Waals surface area contributed by atoms with E-state index in [-0.39, 0.29) is 89.8 Å². The lowest BCUT2D eigenvalue weighted by atomic mass is 9.73. The summed E-state index contributed by atoms with van der Waals surface area (Å²) in [5, 5.41) is 20.5. The number of nitrogens with one attached hydrogen (secondary N) is 1. The molecule has 146 heavy (non-hydrogen) atoms. The van der Waals surface area contributed by atoms with Gasteiger partial charge in [0.2, 0.25) is 41.4 Å². The van der Waals surface area contributed by atoms with E-state index in [2.05, 4.69) is 59.5 Å². The molecular weight excluding hydrogens is 1870 g/mol. The van der Waals surface area contributed by atoms with Crippen LogP contribution < -0.4 is 42.1 Å². The Kier molecular flexibility index (Phi) is 35.0. The number of carbonyl (C=O) groups is 12. The van der Waals surface area contributed by atoms with Crippen LogP contribution in [0.4, 0.5) is 51.3 Å². The van der Waals surface area contributed by atoms with Gasteiger partial charge in [-0.05, 0) is 194 Å². The largest absolute Gasteiger partial charge is 0.384 e. The van der Waals surface area contributed by atoms with Gasteiger partial charge in [-0.2, -0.15) is 20.4 Å². The standard InChI is InChI=1S/C28H34N6O3.C27H36N6O3.C27H38N6O3.C26H30ClN7O3/c1-6-20(21-10-8-7-9-11-21)17-25(35)34-26(28(37)32(4)24-12-13-30-33(24)5)22(27(34)36)15-19-14-18(2)31-23(16-19)29-3;1-31-13-11-23(30-31)32(2)27(36)25-21(14-17-10-12-29-22(28)15-17)26(35)33(25)24(34)16-20(19-8-9-19)18-6-4-3-5-7-18;1-17(2)20(19-8-6-5-7-9-19)16-24(34)33-25(27(36)32(4)23-11-13-31(3)30-23)21(26(33)35)14-18-10-12-29-22(28)15-18;1-5-20(17-7-6-8-18(27)15-17)31(2)26(37)34-23(25(36)32(3)22-10-12-30-33(22)4)19(24(34)35)13-16-9-11-29-21(28)14-16/h7-14,16,20,22,26H,6,15,17H2,1-5H3,(H,29,31);10-13,15,18-21,25H,3-9,14,16H2,1-2H3,(H2,28,29);10-13,15,17,19-21,25H,5-9,14,16H2,1-4H3,(H2,28,29);6-12,14-15,19-20,23H,5,13H2,1-4H3,(H2,28,29)/t20-,22+,26-;20-,21+,25-;20-,21-,25+;19-,20-,23+/m0011/s1. The van der Waals surface area contributed by atoms with Gasteiger partial charge in [-0.15, -0.1) is 0 Å². The quantitative estimate of drug-likeness (QED) is 0.0284. The number of amides is 13. The number of hydrogen-bond donors (Lipinski definition) is 4. The number of urea groups is 1. The highest BCUT2D eigenvalue weighted by Gasteiger charge is 2.60. The Hall–Kier alpha value is -14.4. The van der Waals surface area contributed by atoms with Crippen molar-refractivity contribution in [3.05, 3.63) is 215 Å². The number of carbonyl (C=O) groups excluding carboxylic acids is 12. The summed E-state index contributed by atoms with van der Waals surface area (Å²) in [5.74, 6) is 0.229. The molecule has 37 nitrogen and oxygen atoms in total. The summed E-state index contributed by atoms with van der Waals surface area (Å²) in [6, 6.07) is 33.7. The minimum atomic E-state index is -0.992. The average molecular weight is 2010 g/mol. The molecule has 12 atom stereocenters. The molecule has 10 aromatic rings. The lowest BCUT2D eigenvalue weighted by Crippen LogP contribution is -2.70. The minimum Gasteiger partial charge on any atom is -0.384 e. The fraction of sp³-hybridized carbons (Fsp3) is 0.481. The van der Waals surface area contributed by atoms with Gasteiger partial charge in [0.1, 0.15) is 59.1 Å². The zero-order chi connectivity index (χ0) is 105. The molecule has 17 rings (SSSR count). The molecule has 0 spiro atoms. The summed E-state index contributed by atoms with van der Waals surface area (Å²) in [6.45, 7) is 10.2. The number of nitrogens with zero attached hydrogens (tertiary/aromatic N) is 21. The first-order valence-electron chi connectivity index (χ1n) is 50.7. The first-order valence-corrected chi connectivity index (χ1v) is 51.1. The van der Waals surface area contributed by atoms with Gasteiger partial charge in [-0.3, -0.25) is 111 Å². The number of aryl methyl sites for hydroxylation is 5. The highest BCUT2D eigenvalue weighted by molar-refractivity contribution is 6.30. The van der Waals surface area contributed by atoms with E-state index in [0.29, 0.717) is 120 Å². The number of benzene rings is 2. The Labute approximate surface area is 857 Å². The fourth-order valence-electron chi connectivity index (χ4n) is 22.0. The van der Waals surface area contributed by atoms with Crippen molar-refractivity contribution >= 4 is 129 Å². The minimum absolute atomic E-state index is 0.0351. The molecule has 7 aliphatic rings. The number of pyridine rings is 4. The number of likely N-dealkylation sites (N-methyl/N-ethyl adjacent to an activating group) is 4. The summed E-state index contributed by atoms with van der Waals surface area (Å²) in [6.07, 6.45) is 29.1. The zero-order valence-corrected chi connectivity index (χ0v) is 86.9. The predicted octanol–water partition coefficient (Wildman–Crippen LogP) is 12.7. The lowest BCUT2D eigenvalue weighted by Gasteiger charge is -2.47. The second-order valence-corrected chi connectivity index (χ2v) is 40.6. The molecule has 7 N–H and O–H groups in total. The zero-order valence-electron chi connectivity index (χ0n) is 86.2. The van der Waals surface area contributed by atoms with E-state index in [9.17, 15) is 57.5 Å². The van der Waals surface area contributed by atoms with Crippen LogP contribution in [0.25, 0.3) is 0 Å². The van der Waals surface area contributed by atoms with E-state index in [1.165, 1.54) is 103 Å². The Morgan fingerprint density at radius 1 is 0.445 bits per heavy atom. The van der Waals surface area contributed by atoms with Crippen LogP contribution in [-0.4, -0.2) is 221 Å². The van der Waals surface area contributed by atoms with E-state index in [1.807, 2.05) is 75.4 Å². The molecule has 8 aromatic heterocycles. The molecule has 4 saturated heterocycles. The van der Waals surface area contributed by atoms with Crippen molar-refractivity contribution in [2.75, 3.05) is 84.4 Å². The first-order chi connectivity index (χ1) is 69.9. The number of anilines is 8. The fourth-order valence-corrected chi connectivity index (χ4v) is 22.2. The van der Waals surface area contributed by atoms with Gasteiger partial charge in [0.25, 0.3) is 23.6 Å². The molecule has 774 valence electrons. The summed E-state index contributed by atoms with van der Waals surface area (Å²) in [7, 11) is 17.0. The molecule has 12 heterocycles. The predicted molar refractivity (Wildman–Crippen MR) is 556 cm³/mol. The molecule has 4 aliphatic heterocycles. The van der Waals surface area contributed by atoms with E-state index in [4.69, 9.17) is 28.8 Å². The summed E-state index contributed by atoms with van der Waals surface area (Å²) >= 11 is 6.18. The van der Waals surface area contributed by atoms with Gasteiger partial charge in [0.05, 0.1) is 42.1 Å². The maximum absolute atomic E-state index is 13.8. The Balaban J connectivity index is 0.000000154. The highest BCUT2D eigenvalue weighted by Crippen LogP contribution is 2.49. The Morgan fingerprint density at radius 3 is 1.25 bits per heavy atom. The third-order valence-corrected chi connectivity index (χ3v) is 30.4. The summed E-state index contributed by atoms with van der Waals surface area (Å²) in [5.41, 5.74) is 23.5. The smallest absolute Gasteiger partial charge is 0.327 e. The number of imide groups is 4. The van der Waals surface area contributed by atoms with Crippen LogP contribution in [0.1, 0.15) is 188 Å². The maximum atomic E-state index is 13.8. The topological polar surface area (TPSA) is 447 Å². The van der Waals surface area contributed by atoms with E-state index in [1.54, 1.807) is 205 Å². The van der Waals surface area contributed by atoms with E-state index >= 15 is 0 Å². The Bertz CT molecular complexity index is 6190. The SMILES string of the molecule is CC(C)[C@@H](CC(=O)N1C(=O)[C@H](Cc2ccnc(N)c2)[C@H]1C(=O)N(C)c1ccn(C)n1)C1CCCCC1.CC[C@@H](CC(=O)N1C(=O)[C@H](Cc2cc(C)nc(NC)c2)[C@H]1C(=O)N(C)c1ccnn1C)c1ccccc1.CC[C@H](c1cccc(Cl)c1)N(C)C(=O)N1C(=O)[C@H](Cc2ccnc(N)c2)[C@H]1C(=O)N(C)c1ccnn1C.CN(C(=O)[C@@H]1[C@@H](Cc2ccnc(N)c2)C(=O)N1C(=O)C[C@@H](C1CCCCC1)C1CC1)c1ccn(C)n1. The molecular formula is C108H138ClN25O12. The van der Waals surface area contributed by atoms with Crippen molar-refractivity contribution < 1.29 is 57.5 Å². The lowest BCUT2D eigenvalue weighted by molar-refractivity contribution is -0.171. The second kappa shape index (κ2) is 47.6. The summed E-state index contributed by atoms with van der Waals surface area (Å²) < 4.78 is 6.38. The van der Waals surface area contributed by atoms with Gasteiger partial charge in [-0.25, -0.2) is 24.7 Å². The van der Waals surface area contributed by atoms with Crippen molar-refractivity contribution in [1.29, 1.82) is 0 Å². The Morgan fingerprint density at radius 2 is 0.856 bits per heavy atom. The number of halogens is 1. The monoisotopic (exact) mass is 2010 g/mol. The van der Waals surface area contributed by atoms with Crippen molar-refractivity contribution in [3.63, 3.8) is 0 Å². The van der Waals surface area contributed by atoms with Crippen LogP contribution in [0.15, 0.2) is 171 Å². The van der Waals surface area contributed by atoms with E-state index in [0.717, 1.165) is 63.2 Å². The number of hydrogen-bond acceptors (Lipinski definition) is 24. The molecule has 0 bridgehead atoms. The number of aromatic nitrogens is 12. The van der Waals surface area contributed by atoms with Crippen LogP contribution in [0.5, 0.6) is 0 Å². The molecule has 7 fully saturated rings. The van der Waals surface area contributed by atoms with Gasteiger partial charge in [-0.1, -0.05) is 146 Å². The number of nitrogens with two attached hydrogens (primary N) is 3. The van der Waals surface area contributed by atoms with Gasteiger partial charge in [0.15, 0.2) is 11.6 Å². The molecule has 13 amide bonds. The normalized spacial score (nSPS) is 20.0. The van der Waals surface area contributed by atoms with E-state index < -0.39 is 59.8 Å². The van der Waals surface area contributed by atoms with Crippen molar-refractivity contribution in [2.45, 2.75) is 206 Å². The molecule has 38 heteroatoms. The molecule has 2 aromatic carbocycles. The van der Waals surface area contributed by atoms with Crippen LogP contribution in [0, 0.1) is 66.1 Å². The van der Waals surface area contributed by atoms with Crippen LogP contribution in [0.3, 0.4) is 0 Å². The second-order valence-electron chi connectivity index (χ2n) is 40.2. The van der Waals surface area contributed by atoms with Crippen LogP contribution in [-0.2, 0) is 107 Å². The number of nitrogen functional groups attached to an aromatic ring is 3. The van der Waals surface area contributed by atoms with Gasteiger partial charge in [0, 0.05) is 156 Å².